The minimum atomic E-state index is -0.731. The summed E-state index contributed by atoms with van der Waals surface area (Å²) in [4.78, 5) is 24.7. The van der Waals surface area contributed by atoms with E-state index in [1.165, 1.54) is 4.90 Å². The highest BCUT2D eigenvalue weighted by Crippen LogP contribution is 2.11. The van der Waals surface area contributed by atoms with Crippen LogP contribution in [0.25, 0.3) is 0 Å². The van der Waals surface area contributed by atoms with Crippen molar-refractivity contribution in [2.45, 2.75) is 13.0 Å². The molecule has 1 aromatic carbocycles. The predicted octanol–water partition coefficient (Wildman–Crippen LogP) is 0.281. The zero-order valence-electron chi connectivity index (χ0n) is 10.7. The Kier molecular flexibility index (Phi) is 5.32. The first-order valence-corrected chi connectivity index (χ1v) is 5.88. The zero-order valence-corrected chi connectivity index (χ0v) is 10.7. The molecule has 2 amide bonds. The number of hydrogen-bond donors (Lipinski definition) is 2. The lowest BCUT2D eigenvalue weighted by Crippen LogP contribution is -2.42. The molecule has 98 valence electrons. The van der Waals surface area contributed by atoms with E-state index in [4.69, 9.17) is 5.73 Å². The molecule has 1 rings (SSSR count). The van der Waals surface area contributed by atoms with Gasteiger partial charge in [0.25, 0.3) is 0 Å². The standard InChI is InChI=1S/C13H19N3O2/c1-3-15-11(17)9-16(2)13(18)12(14)10-7-5-4-6-8-10/h4-8,12H,3,9,14H2,1-2H3,(H,15,17)/t12-/m0/s1. The third-order valence-corrected chi connectivity index (χ3v) is 2.56. The minimum Gasteiger partial charge on any atom is -0.355 e. The highest BCUT2D eigenvalue weighted by atomic mass is 16.2. The van der Waals surface area contributed by atoms with Crippen LogP contribution in [0.3, 0.4) is 0 Å². The van der Waals surface area contributed by atoms with Crippen molar-refractivity contribution in [2.75, 3.05) is 20.1 Å². The maximum atomic E-state index is 12.0. The highest BCUT2D eigenvalue weighted by molar-refractivity contribution is 5.87. The van der Waals surface area contributed by atoms with E-state index < -0.39 is 6.04 Å². The van der Waals surface area contributed by atoms with Gasteiger partial charge in [0.2, 0.25) is 11.8 Å². The van der Waals surface area contributed by atoms with E-state index in [1.807, 2.05) is 25.1 Å². The van der Waals surface area contributed by atoms with Gasteiger partial charge in [-0.3, -0.25) is 9.59 Å². The smallest absolute Gasteiger partial charge is 0.244 e. The van der Waals surface area contributed by atoms with E-state index in [1.54, 1.807) is 19.2 Å². The maximum absolute atomic E-state index is 12.0. The number of nitrogens with zero attached hydrogens (tertiary/aromatic N) is 1. The summed E-state index contributed by atoms with van der Waals surface area (Å²) in [5, 5.41) is 2.64. The molecule has 1 aromatic rings. The number of carbonyl (C=O) groups is 2. The van der Waals surface area contributed by atoms with Gasteiger partial charge in [0.15, 0.2) is 0 Å². The Morgan fingerprint density at radius 2 is 1.94 bits per heavy atom. The van der Waals surface area contributed by atoms with Crippen molar-refractivity contribution >= 4 is 11.8 Å². The summed E-state index contributed by atoms with van der Waals surface area (Å²) in [6, 6.07) is 8.37. The summed E-state index contributed by atoms with van der Waals surface area (Å²) in [5.41, 5.74) is 6.61. The third-order valence-electron chi connectivity index (χ3n) is 2.56. The summed E-state index contributed by atoms with van der Waals surface area (Å²) in [6.07, 6.45) is 0. The van der Waals surface area contributed by atoms with Crippen molar-refractivity contribution < 1.29 is 9.59 Å². The van der Waals surface area contributed by atoms with Crippen LogP contribution < -0.4 is 11.1 Å². The van der Waals surface area contributed by atoms with Crippen molar-refractivity contribution in [3.8, 4) is 0 Å². The second-order valence-corrected chi connectivity index (χ2v) is 4.04. The summed E-state index contributed by atoms with van der Waals surface area (Å²) < 4.78 is 0. The van der Waals surface area contributed by atoms with Crippen molar-refractivity contribution in [2.24, 2.45) is 5.73 Å². The Labute approximate surface area is 107 Å². The molecule has 5 nitrogen and oxygen atoms in total. The normalized spacial score (nSPS) is 11.7. The van der Waals surface area contributed by atoms with E-state index in [9.17, 15) is 9.59 Å². The molecule has 3 N–H and O–H groups in total. The van der Waals surface area contributed by atoms with E-state index >= 15 is 0 Å². The van der Waals surface area contributed by atoms with E-state index in [-0.39, 0.29) is 18.4 Å². The molecule has 0 aliphatic rings. The molecule has 5 heteroatoms. The maximum Gasteiger partial charge on any atom is 0.244 e. The van der Waals surface area contributed by atoms with Gasteiger partial charge < -0.3 is 16.0 Å². The van der Waals surface area contributed by atoms with E-state index in [2.05, 4.69) is 5.32 Å². The zero-order chi connectivity index (χ0) is 13.5. The molecule has 0 heterocycles. The fourth-order valence-corrected chi connectivity index (χ4v) is 1.59. The number of hydrogen-bond acceptors (Lipinski definition) is 3. The SMILES string of the molecule is CCNC(=O)CN(C)C(=O)[C@@H](N)c1ccccc1. The molecule has 0 aliphatic carbocycles. The van der Waals surface area contributed by atoms with Gasteiger partial charge in [-0.1, -0.05) is 30.3 Å². The topological polar surface area (TPSA) is 75.4 Å². The van der Waals surface area contributed by atoms with Gasteiger partial charge in [-0.05, 0) is 12.5 Å². The number of nitrogens with one attached hydrogen (secondary N) is 1. The first-order chi connectivity index (χ1) is 8.56. The van der Waals surface area contributed by atoms with Gasteiger partial charge in [0, 0.05) is 13.6 Å². The number of carbonyl (C=O) groups excluding carboxylic acids is 2. The lowest BCUT2D eigenvalue weighted by atomic mass is 10.1. The quantitative estimate of drug-likeness (QED) is 0.787. The molecule has 0 aliphatic heterocycles. The average Bonchev–Trinajstić information content (AvgIpc) is 2.38. The van der Waals surface area contributed by atoms with Crippen LogP contribution in [0.15, 0.2) is 30.3 Å². The number of amides is 2. The Morgan fingerprint density at radius 1 is 1.33 bits per heavy atom. The van der Waals surface area contributed by atoms with E-state index in [0.29, 0.717) is 6.54 Å². The van der Waals surface area contributed by atoms with Crippen LogP contribution in [0, 0.1) is 0 Å². The van der Waals surface area contributed by atoms with Gasteiger partial charge in [-0.25, -0.2) is 0 Å². The number of benzene rings is 1. The molecular formula is C13H19N3O2. The molecule has 18 heavy (non-hydrogen) atoms. The third kappa shape index (κ3) is 3.85. The molecule has 1 atom stereocenters. The molecular weight excluding hydrogens is 230 g/mol. The number of rotatable bonds is 5. The first kappa shape index (κ1) is 14.2. The lowest BCUT2D eigenvalue weighted by molar-refractivity contribution is -0.135. The lowest BCUT2D eigenvalue weighted by Gasteiger charge is -2.20. The predicted molar refractivity (Wildman–Crippen MR) is 69.7 cm³/mol. The van der Waals surface area contributed by atoms with Gasteiger partial charge in [-0.15, -0.1) is 0 Å². The monoisotopic (exact) mass is 249 g/mol. The summed E-state index contributed by atoms with van der Waals surface area (Å²) in [7, 11) is 1.57. The van der Waals surface area contributed by atoms with Crippen LogP contribution in [0.5, 0.6) is 0 Å². The molecule has 0 radical (unpaired) electrons. The number of likely N-dealkylation sites (N-methyl/N-ethyl adjacent to an activating group) is 2. The van der Waals surface area contributed by atoms with Gasteiger partial charge >= 0.3 is 0 Å². The molecule has 0 fully saturated rings. The fourth-order valence-electron chi connectivity index (χ4n) is 1.59. The second-order valence-electron chi connectivity index (χ2n) is 4.04. The van der Waals surface area contributed by atoms with E-state index in [0.717, 1.165) is 5.56 Å². The molecule has 0 bridgehead atoms. The van der Waals surface area contributed by atoms with Crippen LogP contribution in [-0.4, -0.2) is 36.9 Å². The summed E-state index contributed by atoms with van der Waals surface area (Å²) in [5.74, 6) is -0.457. The first-order valence-electron chi connectivity index (χ1n) is 5.88. The number of nitrogens with two attached hydrogens (primary N) is 1. The second kappa shape index (κ2) is 6.76. The molecule has 0 unspecified atom stereocenters. The van der Waals surface area contributed by atoms with Crippen LogP contribution in [0.2, 0.25) is 0 Å². The Balaban J connectivity index is 2.61. The molecule has 0 saturated carbocycles. The van der Waals surface area contributed by atoms with Crippen molar-refractivity contribution in [1.82, 2.24) is 10.2 Å². The Bertz CT molecular complexity index is 406. The van der Waals surface area contributed by atoms with Crippen LogP contribution >= 0.6 is 0 Å². The largest absolute Gasteiger partial charge is 0.355 e. The Morgan fingerprint density at radius 3 is 2.50 bits per heavy atom. The van der Waals surface area contributed by atoms with Crippen LogP contribution in [0.4, 0.5) is 0 Å². The van der Waals surface area contributed by atoms with Gasteiger partial charge in [-0.2, -0.15) is 0 Å². The van der Waals surface area contributed by atoms with Crippen molar-refractivity contribution in [3.63, 3.8) is 0 Å². The minimum absolute atomic E-state index is 0.0210. The van der Waals surface area contributed by atoms with Crippen molar-refractivity contribution in [1.29, 1.82) is 0 Å². The van der Waals surface area contributed by atoms with Crippen LogP contribution in [0.1, 0.15) is 18.5 Å². The molecule has 0 spiro atoms. The van der Waals surface area contributed by atoms with Crippen LogP contribution in [-0.2, 0) is 9.59 Å². The van der Waals surface area contributed by atoms with Crippen molar-refractivity contribution in [3.05, 3.63) is 35.9 Å². The summed E-state index contributed by atoms with van der Waals surface area (Å²) >= 11 is 0. The average molecular weight is 249 g/mol. The fraction of sp³-hybridized carbons (Fsp3) is 0.385. The molecule has 0 aromatic heterocycles. The highest BCUT2D eigenvalue weighted by Gasteiger charge is 2.20. The Hall–Kier alpha value is -1.88. The van der Waals surface area contributed by atoms with Gasteiger partial charge in [0.1, 0.15) is 6.04 Å². The van der Waals surface area contributed by atoms with Gasteiger partial charge in [0.05, 0.1) is 6.54 Å². The summed E-state index contributed by atoms with van der Waals surface area (Å²) in [6.45, 7) is 2.40. The molecule has 0 saturated heterocycles.